The van der Waals surface area contributed by atoms with Gasteiger partial charge < -0.3 is 25.3 Å². The summed E-state index contributed by atoms with van der Waals surface area (Å²) in [5.41, 5.74) is 4.14. The lowest BCUT2D eigenvalue weighted by molar-refractivity contribution is -0.126. The zero-order valence-corrected chi connectivity index (χ0v) is 20.8. The summed E-state index contributed by atoms with van der Waals surface area (Å²) in [4.78, 5) is 34.9. The molecule has 0 unspecified atom stereocenters. The number of rotatable bonds is 5. The Morgan fingerprint density at radius 2 is 2.21 bits per heavy atom. The Hall–Kier alpha value is -4.58. The summed E-state index contributed by atoms with van der Waals surface area (Å²) >= 11 is 0. The summed E-state index contributed by atoms with van der Waals surface area (Å²) in [7, 11) is 1.40. The fraction of sp³-hybridized carbons (Fsp3) is 0.276. The molecule has 8 nitrogen and oxygen atoms in total. The molecule has 3 aliphatic rings. The second kappa shape index (κ2) is 9.38. The Bertz CT molecular complexity index is 1530. The molecule has 1 aliphatic carbocycles. The molecule has 0 spiro atoms. The molecule has 3 N–H and O–H groups in total. The Labute approximate surface area is 219 Å². The van der Waals surface area contributed by atoms with Crippen LogP contribution in [0.4, 0.5) is 15.8 Å². The van der Waals surface area contributed by atoms with Crippen molar-refractivity contribution >= 4 is 23.2 Å². The van der Waals surface area contributed by atoms with E-state index in [2.05, 4.69) is 39.0 Å². The van der Waals surface area contributed by atoms with Gasteiger partial charge in [0, 0.05) is 42.7 Å². The van der Waals surface area contributed by atoms with E-state index in [1.165, 1.54) is 19.3 Å². The molecule has 1 saturated carbocycles. The molecule has 1 aromatic carbocycles. The highest BCUT2D eigenvalue weighted by molar-refractivity contribution is 6.06. The van der Waals surface area contributed by atoms with Gasteiger partial charge in [0.15, 0.2) is 11.6 Å². The molecule has 2 aliphatic heterocycles. The number of likely N-dealkylation sites (tertiary alicyclic amines) is 1. The lowest BCUT2D eigenvalue weighted by Crippen LogP contribution is -2.36. The van der Waals surface area contributed by atoms with Crippen LogP contribution in [0, 0.1) is 23.6 Å². The summed E-state index contributed by atoms with van der Waals surface area (Å²) < 4.78 is 19.8. The number of pyridine rings is 1. The third kappa shape index (κ3) is 3.98. The van der Waals surface area contributed by atoms with Gasteiger partial charge in [0.25, 0.3) is 5.91 Å². The van der Waals surface area contributed by atoms with Gasteiger partial charge in [-0.05, 0) is 43.0 Å². The van der Waals surface area contributed by atoms with Gasteiger partial charge in [-0.3, -0.25) is 14.6 Å². The maximum atomic E-state index is 14.5. The number of aromatic amines is 1. The summed E-state index contributed by atoms with van der Waals surface area (Å²) in [6.07, 6.45) is 7.15. The van der Waals surface area contributed by atoms with E-state index in [9.17, 15) is 14.0 Å². The molecular formula is C29H26FN5O3. The molecule has 3 atom stereocenters. The van der Waals surface area contributed by atoms with Crippen LogP contribution in [0.2, 0.25) is 0 Å². The molecule has 38 heavy (non-hydrogen) atoms. The van der Waals surface area contributed by atoms with Crippen molar-refractivity contribution in [2.45, 2.75) is 31.3 Å². The number of nitrogens with one attached hydrogen (secondary N) is 3. The average Bonchev–Trinajstić information content (AvgIpc) is 3.43. The topological polar surface area (TPSA) is 99.3 Å². The molecule has 1 saturated heterocycles. The fourth-order valence-corrected chi connectivity index (χ4v) is 5.54. The van der Waals surface area contributed by atoms with E-state index >= 15 is 0 Å². The van der Waals surface area contributed by atoms with Crippen LogP contribution in [0.5, 0.6) is 5.75 Å². The van der Waals surface area contributed by atoms with Gasteiger partial charge in [-0.25, -0.2) is 4.39 Å². The minimum Gasteiger partial charge on any atom is -0.492 e. The molecule has 9 heteroatoms. The minimum atomic E-state index is -0.517. The highest BCUT2D eigenvalue weighted by Crippen LogP contribution is 2.48. The van der Waals surface area contributed by atoms with Crippen LogP contribution in [-0.2, 0) is 11.2 Å². The van der Waals surface area contributed by atoms with Crippen LogP contribution in [0.1, 0.15) is 34.5 Å². The third-order valence-electron chi connectivity index (χ3n) is 7.39. The van der Waals surface area contributed by atoms with E-state index in [4.69, 9.17) is 4.74 Å². The number of carbonyl (C=O) groups excluding carboxylic acids is 2. The van der Waals surface area contributed by atoms with Gasteiger partial charge >= 0.3 is 0 Å². The summed E-state index contributed by atoms with van der Waals surface area (Å²) in [5, 5.41) is 6.13. The maximum Gasteiger partial charge on any atom is 0.255 e. The van der Waals surface area contributed by atoms with Crippen molar-refractivity contribution in [1.82, 2.24) is 20.2 Å². The van der Waals surface area contributed by atoms with Gasteiger partial charge in [-0.1, -0.05) is 24.5 Å². The number of amides is 2. The molecular weight excluding hydrogens is 485 g/mol. The minimum absolute atomic E-state index is 0.0473. The number of anilines is 2. The largest absolute Gasteiger partial charge is 0.492 e. The van der Waals surface area contributed by atoms with Gasteiger partial charge in [0.1, 0.15) is 0 Å². The Balaban J connectivity index is 1.43. The number of piperidine rings is 1. The number of hydrogen-bond acceptors (Lipinski definition) is 5. The van der Waals surface area contributed by atoms with Crippen molar-refractivity contribution in [2.75, 3.05) is 19.0 Å². The van der Waals surface area contributed by atoms with Crippen LogP contribution in [-0.4, -0.2) is 52.4 Å². The van der Waals surface area contributed by atoms with Gasteiger partial charge in [0.2, 0.25) is 5.91 Å². The van der Waals surface area contributed by atoms with Gasteiger partial charge in [-0.2, -0.15) is 0 Å². The first-order valence-electron chi connectivity index (χ1n) is 12.5. The molecule has 0 bridgehead atoms. The lowest BCUT2D eigenvalue weighted by atomic mass is 10.0. The van der Waals surface area contributed by atoms with Crippen LogP contribution in [0.15, 0.2) is 49.3 Å². The zero-order chi connectivity index (χ0) is 26.4. The van der Waals surface area contributed by atoms with Crippen LogP contribution < -0.4 is 15.4 Å². The van der Waals surface area contributed by atoms with E-state index in [-0.39, 0.29) is 29.6 Å². The number of ether oxygens (including phenoxy) is 1. The highest BCUT2D eigenvalue weighted by Gasteiger charge is 2.53. The molecule has 2 aromatic heterocycles. The average molecular weight is 512 g/mol. The number of carbonyl (C=O) groups is 2. The summed E-state index contributed by atoms with van der Waals surface area (Å²) in [6.45, 7) is 4.15. The fourth-order valence-electron chi connectivity index (χ4n) is 5.54. The van der Waals surface area contributed by atoms with E-state index in [0.717, 1.165) is 24.1 Å². The number of para-hydroxylation sites is 1. The Morgan fingerprint density at radius 3 is 3.03 bits per heavy atom. The number of H-pyrrole nitrogens is 1. The maximum absolute atomic E-state index is 14.5. The Morgan fingerprint density at radius 1 is 1.34 bits per heavy atom. The number of hydrogen-bond donors (Lipinski definition) is 3. The number of nitrogens with zero attached hydrogens (tertiary/aromatic N) is 2. The number of halogens is 1. The van der Waals surface area contributed by atoms with Gasteiger partial charge in [-0.15, -0.1) is 0 Å². The molecule has 2 fully saturated rings. The predicted octanol–water partition coefficient (Wildman–Crippen LogP) is 3.78. The molecule has 3 aromatic rings. The molecule has 4 heterocycles. The standard InChI is InChI=1S/C29H26FN5O3/c1-3-24(36)35-18(13-17-14-23(17)35)8-7-16-15-31-11-9-19(16)26-27(25-21(33-26)10-12-32-29(25)37)34-22-6-4-5-20(30)28(22)38-2/h3-6,9,11,15,17-18,23,33-34H,1,10,12-14H2,2H3,(H,32,37)/t17-,18+,23+/m1/s1. The van der Waals surface area contributed by atoms with E-state index in [1.54, 1.807) is 24.5 Å². The number of aromatic nitrogens is 2. The number of methoxy groups -OCH3 is 1. The Kier molecular flexibility index (Phi) is 5.87. The first-order chi connectivity index (χ1) is 18.5. The number of benzene rings is 1. The van der Waals surface area contributed by atoms with Crippen molar-refractivity contribution in [2.24, 2.45) is 5.92 Å². The monoisotopic (exact) mass is 511 g/mol. The summed E-state index contributed by atoms with van der Waals surface area (Å²) in [6, 6.07) is 6.47. The van der Waals surface area contributed by atoms with Crippen molar-refractivity contribution in [3.63, 3.8) is 0 Å². The van der Waals surface area contributed by atoms with Crippen molar-refractivity contribution in [3.05, 3.63) is 72.0 Å². The molecule has 6 rings (SSSR count). The number of fused-ring (bicyclic) bond motifs is 2. The zero-order valence-electron chi connectivity index (χ0n) is 20.8. The van der Waals surface area contributed by atoms with Gasteiger partial charge in [0.05, 0.1) is 41.3 Å². The smallest absolute Gasteiger partial charge is 0.255 e. The second-order valence-corrected chi connectivity index (χ2v) is 9.63. The molecule has 2 amide bonds. The van der Waals surface area contributed by atoms with Crippen LogP contribution in [0.25, 0.3) is 11.3 Å². The van der Waals surface area contributed by atoms with Crippen molar-refractivity contribution < 1.29 is 18.7 Å². The van der Waals surface area contributed by atoms with E-state index in [0.29, 0.717) is 47.1 Å². The van der Waals surface area contributed by atoms with E-state index in [1.807, 2.05) is 11.0 Å². The van der Waals surface area contributed by atoms with Crippen molar-refractivity contribution in [3.8, 4) is 28.8 Å². The normalized spacial score (nSPS) is 20.9. The lowest BCUT2D eigenvalue weighted by Gasteiger charge is -2.22. The first kappa shape index (κ1) is 23.8. The molecule has 192 valence electrons. The predicted molar refractivity (Wildman–Crippen MR) is 141 cm³/mol. The van der Waals surface area contributed by atoms with E-state index < -0.39 is 5.82 Å². The third-order valence-corrected chi connectivity index (χ3v) is 7.39. The van der Waals surface area contributed by atoms with Crippen molar-refractivity contribution in [1.29, 1.82) is 0 Å². The SMILES string of the molecule is C=CC(=O)N1[C@@H](C#Cc2cnccc2-c2[nH]c3c(c2Nc2cccc(F)c2OC)C(=O)NCC3)C[C@@H]2C[C@@H]21. The molecule has 0 radical (unpaired) electrons. The summed E-state index contributed by atoms with van der Waals surface area (Å²) in [5.74, 6) is 6.23. The highest BCUT2D eigenvalue weighted by atomic mass is 19.1. The second-order valence-electron chi connectivity index (χ2n) is 9.63. The van der Waals surface area contributed by atoms with Crippen LogP contribution in [0.3, 0.4) is 0 Å². The first-order valence-corrected chi connectivity index (χ1v) is 12.5. The quantitative estimate of drug-likeness (QED) is 0.358. The van der Waals surface area contributed by atoms with Crippen LogP contribution >= 0.6 is 0 Å².